The summed E-state index contributed by atoms with van der Waals surface area (Å²) in [6.45, 7) is 6.08. The smallest absolute Gasteiger partial charge is 0.352 e. The molecule has 0 aliphatic carbocycles. The van der Waals surface area contributed by atoms with Crippen molar-refractivity contribution >= 4 is 5.96 Å². The fourth-order valence-corrected chi connectivity index (χ4v) is 4.20. The maximum absolute atomic E-state index is 12.6. The van der Waals surface area contributed by atoms with Gasteiger partial charge in [0.1, 0.15) is 0 Å². The molecular weight excluding hydrogens is 405 g/mol. The first kappa shape index (κ1) is 23.8. The summed E-state index contributed by atoms with van der Waals surface area (Å²) in [5.41, 5.74) is 2.46. The Balaban J connectivity index is 1.41. The molecule has 2 aliphatic rings. The average molecular weight is 441 g/mol. The van der Waals surface area contributed by atoms with Crippen molar-refractivity contribution in [2.24, 2.45) is 4.99 Å². The zero-order chi connectivity index (χ0) is 22.3. The number of halogens is 3. The second-order valence-corrected chi connectivity index (χ2v) is 8.66. The van der Waals surface area contributed by atoms with Gasteiger partial charge in [0.15, 0.2) is 5.96 Å². The molecule has 2 heterocycles. The lowest BCUT2D eigenvalue weighted by Crippen LogP contribution is -2.44. The first-order chi connectivity index (χ1) is 14.8. The monoisotopic (exact) mass is 440 g/mol. The molecule has 2 aliphatic heterocycles. The summed E-state index contributed by atoms with van der Waals surface area (Å²) in [6.07, 6.45) is -2.26. The molecule has 1 aromatic carbocycles. The number of nitrogens with one attached hydrogen (secondary N) is 2. The molecule has 0 amide bonds. The lowest BCUT2D eigenvalue weighted by molar-refractivity contribution is -0.143. The van der Waals surface area contributed by atoms with Crippen molar-refractivity contribution in [2.45, 2.75) is 38.1 Å². The third-order valence-electron chi connectivity index (χ3n) is 5.94. The molecule has 6 nitrogen and oxygen atoms in total. The van der Waals surface area contributed by atoms with Crippen molar-refractivity contribution in [2.75, 3.05) is 59.9 Å². The van der Waals surface area contributed by atoms with Gasteiger partial charge in [0.25, 0.3) is 0 Å². The quantitative estimate of drug-likeness (QED) is 0.524. The molecule has 1 unspecified atom stereocenters. The van der Waals surface area contributed by atoms with E-state index in [0.29, 0.717) is 32.0 Å². The van der Waals surface area contributed by atoms with E-state index in [1.807, 2.05) is 0 Å². The van der Waals surface area contributed by atoms with Crippen LogP contribution in [0.1, 0.15) is 24.0 Å². The lowest BCUT2D eigenvalue weighted by atomic mass is 10.1. The highest BCUT2D eigenvalue weighted by Gasteiger charge is 2.34. The molecular formula is C22H35F3N6. The summed E-state index contributed by atoms with van der Waals surface area (Å²) < 4.78 is 37.7. The van der Waals surface area contributed by atoms with Crippen molar-refractivity contribution in [1.82, 2.24) is 25.3 Å². The van der Waals surface area contributed by atoms with Crippen LogP contribution in [0.4, 0.5) is 13.2 Å². The molecule has 0 radical (unpaired) electrons. The Hall–Kier alpha value is -1.84. The van der Waals surface area contributed by atoms with Gasteiger partial charge >= 0.3 is 6.18 Å². The summed E-state index contributed by atoms with van der Waals surface area (Å²) >= 11 is 0. The molecule has 3 rings (SSSR count). The molecule has 9 heteroatoms. The highest BCUT2D eigenvalue weighted by molar-refractivity contribution is 5.80. The van der Waals surface area contributed by atoms with Crippen LogP contribution in [0.3, 0.4) is 0 Å². The Labute approximate surface area is 183 Å². The summed E-state index contributed by atoms with van der Waals surface area (Å²) in [7, 11) is 3.86. The standard InChI is InChI=1S/C22H35F3N6/c1-26-21(28-20-8-11-31(16-20)17-22(23,24)25)27-14-18-4-6-19(7-5-18)15-30-10-3-9-29(2)12-13-30/h4-7,20H,3,8-17H2,1-2H3,(H2,26,27,28). The zero-order valence-corrected chi connectivity index (χ0v) is 18.6. The topological polar surface area (TPSA) is 46.1 Å². The maximum atomic E-state index is 12.6. The van der Waals surface area contributed by atoms with Crippen molar-refractivity contribution in [3.8, 4) is 0 Å². The average Bonchev–Trinajstić information content (AvgIpc) is 3.04. The van der Waals surface area contributed by atoms with Gasteiger partial charge in [-0.2, -0.15) is 13.2 Å². The molecule has 174 valence electrons. The minimum absolute atomic E-state index is 0.0244. The van der Waals surface area contributed by atoms with Crippen molar-refractivity contribution in [1.29, 1.82) is 0 Å². The fraction of sp³-hybridized carbons (Fsp3) is 0.682. The van der Waals surface area contributed by atoms with Crippen molar-refractivity contribution in [3.63, 3.8) is 0 Å². The first-order valence-electron chi connectivity index (χ1n) is 11.1. The SMILES string of the molecule is CN=C(NCc1ccc(CN2CCCN(C)CC2)cc1)NC1CCN(CC(F)(F)F)C1. The van der Waals surface area contributed by atoms with Gasteiger partial charge in [0.05, 0.1) is 6.54 Å². The summed E-state index contributed by atoms with van der Waals surface area (Å²) in [4.78, 5) is 10.5. The van der Waals surface area contributed by atoms with Gasteiger partial charge in [-0.05, 0) is 44.1 Å². The van der Waals surface area contributed by atoms with E-state index < -0.39 is 12.7 Å². The van der Waals surface area contributed by atoms with Gasteiger partial charge in [-0.3, -0.25) is 14.8 Å². The first-order valence-corrected chi connectivity index (χ1v) is 11.1. The number of aliphatic imine (C=N–C) groups is 1. The molecule has 0 aromatic heterocycles. The number of likely N-dealkylation sites (tertiary alicyclic amines) is 1. The normalized spacial score (nSPS) is 22.5. The third kappa shape index (κ3) is 8.31. The predicted molar refractivity (Wildman–Crippen MR) is 118 cm³/mol. The largest absolute Gasteiger partial charge is 0.401 e. The zero-order valence-electron chi connectivity index (χ0n) is 18.6. The maximum Gasteiger partial charge on any atom is 0.401 e. The minimum Gasteiger partial charge on any atom is -0.352 e. The molecule has 31 heavy (non-hydrogen) atoms. The van der Waals surface area contributed by atoms with Crippen LogP contribution >= 0.6 is 0 Å². The third-order valence-corrected chi connectivity index (χ3v) is 5.94. The van der Waals surface area contributed by atoms with E-state index in [1.54, 1.807) is 7.05 Å². The molecule has 0 spiro atoms. The van der Waals surface area contributed by atoms with E-state index in [-0.39, 0.29) is 6.04 Å². The fourth-order valence-electron chi connectivity index (χ4n) is 4.20. The number of likely N-dealkylation sites (N-methyl/N-ethyl adjacent to an activating group) is 1. The highest BCUT2D eigenvalue weighted by atomic mass is 19.4. The van der Waals surface area contributed by atoms with Gasteiger partial charge in [0, 0.05) is 52.4 Å². The number of rotatable bonds is 6. The highest BCUT2D eigenvalue weighted by Crippen LogP contribution is 2.20. The lowest BCUT2D eigenvalue weighted by Gasteiger charge is -2.20. The van der Waals surface area contributed by atoms with E-state index in [0.717, 1.165) is 38.3 Å². The van der Waals surface area contributed by atoms with Gasteiger partial charge in [-0.25, -0.2) is 0 Å². The van der Waals surface area contributed by atoms with Crippen LogP contribution in [0.15, 0.2) is 29.3 Å². The van der Waals surface area contributed by atoms with E-state index in [1.165, 1.54) is 16.9 Å². The number of hydrogen-bond donors (Lipinski definition) is 2. The number of guanidine groups is 1. The van der Waals surface area contributed by atoms with Crippen LogP contribution in [0.5, 0.6) is 0 Å². The molecule has 1 atom stereocenters. The Morgan fingerprint density at radius 2 is 1.77 bits per heavy atom. The minimum atomic E-state index is -4.15. The molecule has 1 aromatic rings. The van der Waals surface area contributed by atoms with Crippen molar-refractivity contribution < 1.29 is 13.2 Å². The summed E-state index contributed by atoms with van der Waals surface area (Å²) in [5, 5.41) is 6.52. The van der Waals surface area contributed by atoms with Crippen LogP contribution in [0.2, 0.25) is 0 Å². The summed E-state index contributed by atoms with van der Waals surface area (Å²) in [5.74, 6) is 0.622. The van der Waals surface area contributed by atoms with E-state index in [4.69, 9.17) is 0 Å². The number of alkyl halides is 3. The molecule has 2 fully saturated rings. The number of benzene rings is 1. The van der Waals surface area contributed by atoms with E-state index in [2.05, 4.69) is 56.7 Å². The number of nitrogens with zero attached hydrogens (tertiary/aromatic N) is 4. The Morgan fingerprint density at radius 3 is 2.48 bits per heavy atom. The van der Waals surface area contributed by atoms with Crippen LogP contribution in [-0.2, 0) is 13.1 Å². The van der Waals surface area contributed by atoms with E-state index in [9.17, 15) is 13.2 Å². The van der Waals surface area contributed by atoms with Crippen molar-refractivity contribution in [3.05, 3.63) is 35.4 Å². The van der Waals surface area contributed by atoms with Gasteiger partial charge in [-0.15, -0.1) is 0 Å². The van der Waals surface area contributed by atoms with Crippen LogP contribution in [-0.4, -0.2) is 92.8 Å². The predicted octanol–water partition coefficient (Wildman–Crippen LogP) is 2.13. The van der Waals surface area contributed by atoms with Gasteiger partial charge < -0.3 is 15.5 Å². The second-order valence-electron chi connectivity index (χ2n) is 8.66. The molecule has 0 saturated carbocycles. The Kier molecular flexibility index (Phi) is 8.57. The molecule has 0 bridgehead atoms. The molecule has 2 saturated heterocycles. The number of hydrogen-bond acceptors (Lipinski definition) is 4. The Morgan fingerprint density at radius 1 is 1.03 bits per heavy atom. The van der Waals surface area contributed by atoms with E-state index >= 15 is 0 Å². The van der Waals surface area contributed by atoms with Gasteiger partial charge in [0.2, 0.25) is 0 Å². The summed E-state index contributed by atoms with van der Waals surface area (Å²) in [6, 6.07) is 8.57. The van der Waals surface area contributed by atoms with Gasteiger partial charge in [-0.1, -0.05) is 24.3 Å². The van der Waals surface area contributed by atoms with Crippen LogP contribution < -0.4 is 10.6 Å². The second kappa shape index (κ2) is 11.2. The molecule has 2 N–H and O–H groups in total. The Bertz CT molecular complexity index is 706. The van der Waals surface area contributed by atoms with Crippen LogP contribution in [0, 0.1) is 0 Å². The van der Waals surface area contributed by atoms with Crippen LogP contribution in [0.25, 0.3) is 0 Å².